The Morgan fingerprint density at radius 2 is 2.00 bits per heavy atom. The lowest BCUT2D eigenvalue weighted by Gasteiger charge is -2.15. The number of carboxylic acids is 2. The second-order valence-corrected chi connectivity index (χ2v) is 3.98. The van der Waals surface area contributed by atoms with Crippen LogP contribution in [0.2, 0.25) is 0 Å². The quantitative estimate of drug-likeness (QED) is 0.435. The normalized spacial score (nSPS) is 17.0. The fourth-order valence-electron chi connectivity index (χ4n) is 0.612. The van der Waals surface area contributed by atoms with Crippen LogP contribution in [-0.4, -0.2) is 40.2 Å². The zero-order valence-electron chi connectivity index (χ0n) is 7.21. The zero-order valence-corrected chi connectivity index (χ0v) is 8.10. The van der Waals surface area contributed by atoms with Crippen molar-refractivity contribution in [2.24, 2.45) is 0 Å². The molecule has 0 aliphatic rings. The van der Waals surface area contributed by atoms with Crippen molar-refractivity contribution in [1.29, 1.82) is 0 Å². The Morgan fingerprint density at radius 3 is 2.29 bits per heavy atom. The predicted octanol–water partition coefficient (Wildman–Crippen LogP) is -0.749. The molecule has 14 heavy (non-hydrogen) atoms. The molecule has 8 nitrogen and oxygen atoms in total. The first kappa shape index (κ1) is 13.1. The monoisotopic (exact) mass is 227 g/mol. The third-order valence-corrected chi connectivity index (χ3v) is 2.38. The Balaban J connectivity index is 4.46. The summed E-state index contributed by atoms with van der Waals surface area (Å²) in [5, 5.41) is 18.4. The van der Waals surface area contributed by atoms with Crippen molar-refractivity contribution in [1.82, 2.24) is 5.09 Å². The number of aliphatic carboxylic acids is 2. The number of nitrogens with one attached hydrogen (secondary N) is 1. The maximum Gasteiger partial charge on any atom is 0.403 e. The van der Waals surface area contributed by atoms with E-state index in [1.165, 1.54) is 0 Å². The van der Waals surface area contributed by atoms with Crippen molar-refractivity contribution < 1.29 is 33.8 Å². The lowest BCUT2D eigenvalue weighted by atomic mass is 10.2. The third kappa shape index (κ3) is 4.93. The van der Waals surface area contributed by atoms with Gasteiger partial charge in [0.25, 0.3) is 0 Å². The summed E-state index contributed by atoms with van der Waals surface area (Å²) in [6, 6.07) is -1.66. The molecule has 0 rings (SSSR count). The SMILES string of the molecule is COP(=O)(O)N[C@@H](CC(=O)O)C(=O)O. The van der Waals surface area contributed by atoms with Crippen LogP contribution in [0.4, 0.5) is 0 Å². The molecule has 82 valence electrons. The lowest BCUT2D eigenvalue weighted by molar-refractivity contribution is -0.145. The zero-order chi connectivity index (χ0) is 11.4. The number of hydrogen-bond acceptors (Lipinski definition) is 4. The smallest absolute Gasteiger partial charge is 0.403 e. The molecule has 0 radical (unpaired) electrons. The summed E-state index contributed by atoms with van der Waals surface area (Å²) in [7, 11) is -3.34. The van der Waals surface area contributed by atoms with Crippen molar-refractivity contribution in [3.05, 3.63) is 0 Å². The highest BCUT2D eigenvalue weighted by Crippen LogP contribution is 2.36. The van der Waals surface area contributed by atoms with Gasteiger partial charge in [0.15, 0.2) is 0 Å². The predicted molar refractivity (Wildman–Crippen MR) is 43.6 cm³/mol. The average molecular weight is 227 g/mol. The highest BCUT2D eigenvalue weighted by atomic mass is 31.2. The van der Waals surface area contributed by atoms with Gasteiger partial charge in [-0.25, -0.2) is 9.65 Å². The first-order valence-corrected chi connectivity index (χ1v) is 4.97. The standard InChI is InChI=1S/C5H10NO7P/c1-13-14(11,12)6-3(5(9)10)2-4(7)8/h3H,2H2,1H3,(H,7,8)(H,9,10)(H2,6,11,12)/t3-/m0/s1. The summed E-state index contributed by atoms with van der Waals surface area (Å²) in [5.41, 5.74) is 0. The van der Waals surface area contributed by atoms with Crippen LogP contribution in [0.1, 0.15) is 6.42 Å². The van der Waals surface area contributed by atoms with E-state index in [0.717, 1.165) is 7.11 Å². The Hall–Kier alpha value is -0.950. The summed E-state index contributed by atoms with van der Waals surface area (Å²) >= 11 is 0. The second-order valence-electron chi connectivity index (χ2n) is 2.32. The van der Waals surface area contributed by atoms with Crippen LogP contribution >= 0.6 is 7.75 Å². The molecule has 0 aromatic carbocycles. The van der Waals surface area contributed by atoms with E-state index in [1.54, 1.807) is 5.09 Å². The Kier molecular flexibility index (Phi) is 4.72. The molecule has 0 spiro atoms. The van der Waals surface area contributed by atoms with Crippen LogP contribution < -0.4 is 5.09 Å². The second kappa shape index (κ2) is 5.06. The van der Waals surface area contributed by atoms with Crippen LogP contribution in [0.15, 0.2) is 0 Å². The van der Waals surface area contributed by atoms with E-state index in [1.807, 2.05) is 0 Å². The van der Waals surface area contributed by atoms with Crippen LogP contribution in [0.3, 0.4) is 0 Å². The van der Waals surface area contributed by atoms with Crippen molar-refractivity contribution in [2.75, 3.05) is 7.11 Å². The van der Waals surface area contributed by atoms with E-state index in [2.05, 4.69) is 4.52 Å². The number of hydrogen-bond donors (Lipinski definition) is 4. The van der Waals surface area contributed by atoms with E-state index in [4.69, 9.17) is 15.1 Å². The van der Waals surface area contributed by atoms with Crippen molar-refractivity contribution in [2.45, 2.75) is 12.5 Å². The molecule has 4 N–H and O–H groups in total. The maximum atomic E-state index is 10.8. The lowest BCUT2D eigenvalue weighted by Crippen LogP contribution is -2.36. The largest absolute Gasteiger partial charge is 0.481 e. The summed E-state index contributed by atoms with van der Waals surface area (Å²) in [5.74, 6) is -2.94. The van der Waals surface area contributed by atoms with Gasteiger partial charge in [-0.3, -0.25) is 9.59 Å². The van der Waals surface area contributed by atoms with Crippen molar-refractivity contribution >= 4 is 19.7 Å². The van der Waals surface area contributed by atoms with Gasteiger partial charge in [0.05, 0.1) is 6.42 Å². The van der Waals surface area contributed by atoms with E-state index >= 15 is 0 Å². The van der Waals surface area contributed by atoms with Gasteiger partial charge in [0, 0.05) is 7.11 Å². The first-order chi connectivity index (χ1) is 6.28. The summed E-state index contributed by atoms with van der Waals surface area (Å²) in [6.45, 7) is 0. The van der Waals surface area contributed by atoms with E-state index in [0.29, 0.717) is 0 Å². The van der Waals surface area contributed by atoms with Crippen LogP contribution in [0.25, 0.3) is 0 Å². The molecule has 0 saturated carbocycles. The van der Waals surface area contributed by atoms with Gasteiger partial charge in [-0.15, -0.1) is 0 Å². The Morgan fingerprint density at radius 1 is 1.50 bits per heavy atom. The number of rotatable bonds is 6. The molecule has 0 amide bonds. The molecule has 0 bridgehead atoms. The Labute approximate surface area is 79.1 Å². The van der Waals surface area contributed by atoms with Crippen LogP contribution in [0, 0.1) is 0 Å². The van der Waals surface area contributed by atoms with Gasteiger partial charge in [-0.05, 0) is 0 Å². The minimum absolute atomic E-state index is 0.816. The van der Waals surface area contributed by atoms with Crippen LogP contribution in [0.5, 0.6) is 0 Å². The van der Waals surface area contributed by atoms with Crippen LogP contribution in [-0.2, 0) is 18.7 Å². The van der Waals surface area contributed by atoms with Gasteiger partial charge in [-0.1, -0.05) is 0 Å². The van der Waals surface area contributed by atoms with Gasteiger partial charge >= 0.3 is 19.7 Å². The maximum absolute atomic E-state index is 10.8. The highest BCUT2D eigenvalue weighted by Gasteiger charge is 2.29. The summed E-state index contributed by atoms with van der Waals surface area (Å²) < 4.78 is 14.9. The fraction of sp³-hybridized carbons (Fsp3) is 0.600. The molecule has 0 heterocycles. The number of carboxylic acid groups (broad SMARTS) is 2. The van der Waals surface area contributed by atoms with Gasteiger partial charge in [-0.2, -0.15) is 0 Å². The molecule has 2 atom stereocenters. The number of carbonyl (C=O) groups is 2. The van der Waals surface area contributed by atoms with Gasteiger partial charge in [0.2, 0.25) is 0 Å². The molecule has 0 aliphatic heterocycles. The summed E-state index contributed by atoms with van der Waals surface area (Å²) in [6.07, 6.45) is -0.816. The molecule has 0 aromatic heterocycles. The topological polar surface area (TPSA) is 133 Å². The minimum Gasteiger partial charge on any atom is -0.481 e. The fourth-order valence-corrected chi connectivity index (χ4v) is 1.31. The molecule has 9 heteroatoms. The van der Waals surface area contributed by atoms with Gasteiger partial charge in [0.1, 0.15) is 6.04 Å². The molecular formula is C5H10NO7P. The van der Waals surface area contributed by atoms with E-state index in [9.17, 15) is 14.2 Å². The molecule has 0 aromatic rings. The third-order valence-electron chi connectivity index (χ3n) is 1.24. The van der Waals surface area contributed by atoms with Gasteiger partial charge < -0.3 is 19.6 Å². The average Bonchev–Trinajstić information content (AvgIpc) is 2.02. The first-order valence-electron chi connectivity index (χ1n) is 3.39. The molecular weight excluding hydrogens is 217 g/mol. The molecule has 1 unspecified atom stereocenters. The van der Waals surface area contributed by atoms with Crippen molar-refractivity contribution in [3.63, 3.8) is 0 Å². The molecule has 0 aliphatic carbocycles. The highest BCUT2D eigenvalue weighted by molar-refractivity contribution is 7.50. The summed E-state index contributed by atoms with van der Waals surface area (Å²) in [4.78, 5) is 29.4. The minimum atomic E-state index is -4.23. The van der Waals surface area contributed by atoms with E-state index in [-0.39, 0.29) is 0 Å². The van der Waals surface area contributed by atoms with Crippen molar-refractivity contribution in [3.8, 4) is 0 Å². The molecule has 0 saturated heterocycles. The van der Waals surface area contributed by atoms with E-state index < -0.39 is 32.1 Å². The molecule has 0 fully saturated rings. The Bertz CT molecular complexity index is 277.